The lowest BCUT2D eigenvalue weighted by molar-refractivity contribution is -0.870. The number of carbonyl (C=O) groups excluding carboxylic acids is 1. The number of hydrogen-bond acceptors (Lipinski definition) is 6. The molecule has 3 atom stereocenters. The summed E-state index contributed by atoms with van der Waals surface area (Å²) in [6, 6.07) is -0.910. The first kappa shape index (κ1) is 81.7. The molecule has 492 valence electrons. The lowest BCUT2D eigenvalue weighted by Gasteiger charge is -2.29. The summed E-state index contributed by atoms with van der Waals surface area (Å²) in [5.74, 6) is -0.203. The highest BCUT2D eigenvalue weighted by Crippen LogP contribution is 2.38. The van der Waals surface area contributed by atoms with E-state index >= 15 is 0 Å². The first-order chi connectivity index (χ1) is 40.5. The Hall–Kier alpha value is -1.28. The number of phosphoric acid groups is 1. The van der Waals surface area contributed by atoms with Gasteiger partial charge in [0.25, 0.3) is 7.82 Å². The van der Waals surface area contributed by atoms with E-state index in [1.807, 2.05) is 27.2 Å². The summed E-state index contributed by atoms with van der Waals surface area (Å²) < 4.78 is 23.5. The van der Waals surface area contributed by atoms with E-state index in [9.17, 15) is 19.4 Å². The van der Waals surface area contributed by atoms with Crippen LogP contribution < -0.4 is 10.2 Å². The fourth-order valence-corrected chi connectivity index (χ4v) is 12.1. The minimum Gasteiger partial charge on any atom is -0.756 e. The summed E-state index contributed by atoms with van der Waals surface area (Å²) in [6.07, 6.45) is 87.3. The van der Waals surface area contributed by atoms with Crippen molar-refractivity contribution in [2.75, 3.05) is 40.9 Å². The predicted molar refractivity (Wildman–Crippen MR) is 362 cm³/mol. The monoisotopic (exact) mass is 1190 g/mol. The van der Waals surface area contributed by atoms with Crippen LogP contribution in [0, 0.1) is 0 Å². The highest BCUT2D eigenvalue weighted by molar-refractivity contribution is 7.45. The molecule has 0 aromatic rings. The summed E-state index contributed by atoms with van der Waals surface area (Å²) in [5.41, 5.74) is 0. The molecule has 0 saturated heterocycles. The number of unbranched alkanes of at least 4 members (excludes halogenated alkanes) is 52. The van der Waals surface area contributed by atoms with E-state index in [2.05, 4.69) is 43.5 Å². The van der Waals surface area contributed by atoms with Crippen LogP contribution in [-0.4, -0.2) is 68.5 Å². The SMILES string of the molecule is CCCCCCCCCCCCCCCCCCCCCCCC/C=C/CC/C=C/CC/C=C/C(O)C(COP(=O)([O-])OCC[N+](C)(C)C)NC(=O)CCCCCCCCCCCCCCCCCCCCCCCCCCCCCCC. The van der Waals surface area contributed by atoms with Crippen LogP contribution in [0.5, 0.6) is 0 Å². The van der Waals surface area contributed by atoms with Gasteiger partial charge in [0.1, 0.15) is 13.2 Å². The minimum absolute atomic E-state index is 0.00701. The van der Waals surface area contributed by atoms with Crippen LogP contribution >= 0.6 is 7.82 Å². The molecular formula is C74H145N2O6P. The third kappa shape index (κ3) is 68.1. The Morgan fingerprint density at radius 2 is 0.675 bits per heavy atom. The molecule has 0 radical (unpaired) electrons. The second-order valence-corrected chi connectivity index (χ2v) is 28.1. The second-order valence-electron chi connectivity index (χ2n) is 26.6. The van der Waals surface area contributed by atoms with Gasteiger partial charge in [-0.25, -0.2) is 0 Å². The maximum atomic E-state index is 13.0. The summed E-state index contributed by atoms with van der Waals surface area (Å²) in [6.45, 7) is 4.69. The number of quaternary nitrogens is 1. The van der Waals surface area contributed by atoms with Crippen molar-refractivity contribution in [3.63, 3.8) is 0 Å². The number of hydrogen-bond donors (Lipinski definition) is 2. The standard InChI is InChI=1S/C74H145N2O6P/c1-6-8-10-12-14-16-18-20-22-24-26-28-30-32-34-36-37-38-40-41-43-45-47-49-51-53-55-57-59-61-63-65-67-73(77)72(71-82-83(79,80)81-70-69-76(3,4)5)75-74(78)68-66-64-62-60-58-56-54-52-50-48-46-44-42-39-35-33-31-29-27-25-23-21-19-17-15-13-11-9-7-2/h49,51,57,59,65,67,72-73,77H,6-48,50,52-56,58,60-64,66,68-71H2,1-5H3,(H-,75,78,79,80)/b51-49+,59-57+,67-65+. The maximum absolute atomic E-state index is 13.0. The van der Waals surface area contributed by atoms with Gasteiger partial charge in [-0.15, -0.1) is 0 Å². The molecule has 0 aliphatic heterocycles. The number of phosphoric ester groups is 1. The van der Waals surface area contributed by atoms with Gasteiger partial charge in [0.2, 0.25) is 5.91 Å². The van der Waals surface area contributed by atoms with E-state index in [1.54, 1.807) is 6.08 Å². The molecule has 8 nitrogen and oxygen atoms in total. The molecule has 1 amide bonds. The maximum Gasteiger partial charge on any atom is 0.268 e. The number of nitrogens with one attached hydrogen (secondary N) is 1. The Labute approximate surface area is 518 Å². The van der Waals surface area contributed by atoms with Gasteiger partial charge in [0.15, 0.2) is 0 Å². The molecule has 0 aromatic heterocycles. The lowest BCUT2D eigenvalue weighted by atomic mass is 10.0. The van der Waals surface area contributed by atoms with Crippen LogP contribution in [0.25, 0.3) is 0 Å². The zero-order valence-electron chi connectivity index (χ0n) is 56.4. The number of amides is 1. The smallest absolute Gasteiger partial charge is 0.268 e. The van der Waals surface area contributed by atoms with E-state index in [-0.39, 0.29) is 12.5 Å². The van der Waals surface area contributed by atoms with Gasteiger partial charge in [-0.2, -0.15) is 0 Å². The zero-order valence-corrected chi connectivity index (χ0v) is 57.3. The summed E-state index contributed by atoms with van der Waals surface area (Å²) in [7, 11) is 1.25. The van der Waals surface area contributed by atoms with Gasteiger partial charge in [-0.3, -0.25) is 9.36 Å². The van der Waals surface area contributed by atoms with E-state index in [0.29, 0.717) is 17.4 Å². The van der Waals surface area contributed by atoms with Gasteiger partial charge < -0.3 is 28.8 Å². The van der Waals surface area contributed by atoms with Crippen molar-refractivity contribution in [1.29, 1.82) is 0 Å². The number of nitrogens with zero attached hydrogens (tertiary/aromatic N) is 1. The Morgan fingerprint density at radius 3 is 0.976 bits per heavy atom. The van der Waals surface area contributed by atoms with Crippen LogP contribution in [0.3, 0.4) is 0 Å². The minimum atomic E-state index is -4.62. The molecule has 3 unspecified atom stereocenters. The van der Waals surface area contributed by atoms with E-state index in [4.69, 9.17) is 9.05 Å². The van der Waals surface area contributed by atoms with Crippen LogP contribution in [0.2, 0.25) is 0 Å². The normalized spacial score (nSPS) is 13.8. The van der Waals surface area contributed by atoms with Crippen molar-refractivity contribution in [3.05, 3.63) is 36.5 Å². The topological polar surface area (TPSA) is 108 Å². The molecule has 2 N–H and O–H groups in total. The third-order valence-electron chi connectivity index (χ3n) is 17.1. The van der Waals surface area contributed by atoms with Gasteiger partial charge in [0.05, 0.1) is 39.9 Å². The molecule has 83 heavy (non-hydrogen) atoms. The first-order valence-corrected chi connectivity index (χ1v) is 38.3. The van der Waals surface area contributed by atoms with Crippen LogP contribution in [-0.2, 0) is 18.4 Å². The quantitative estimate of drug-likeness (QED) is 0.0272. The molecule has 0 bridgehead atoms. The Bertz CT molecular complexity index is 1450. The molecule has 9 heteroatoms. The molecule has 0 heterocycles. The lowest BCUT2D eigenvalue weighted by Crippen LogP contribution is -2.45. The van der Waals surface area contributed by atoms with Crippen LogP contribution in [0.4, 0.5) is 0 Å². The molecule has 0 rings (SSSR count). The van der Waals surface area contributed by atoms with E-state index in [1.165, 1.54) is 315 Å². The van der Waals surface area contributed by atoms with Crippen molar-refractivity contribution >= 4 is 13.7 Å². The number of aliphatic hydroxyl groups excluding tert-OH is 1. The first-order valence-electron chi connectivity index (χ1n) is 36.9. The van der Waals surface area contributed by atoms with Gasteiger partial charge >= 0.3 is 0 Å². The van der Waals surface area contributed by atoms with Crippen LogP contribution in [0.15, 0.2) is 36.5 Å². The largest absolute Gasteiger partial charge is 0.756 e. The van der Waals surface area contributed by atoms with Crippen molar-refractivity contribution in [2.24, 2.45) is 0 Å². The highest BCUT2D eigenvalue weighted by Gasteiger charge is 2.23. The summed E-state index contributed by atoms with van der Waals surface area (Å²) in [4.78, 5) is 25.6. The zero-order chi connectivity index (χ0) is 60.5. The number of aliphatic hydroxyl groups is 1. The number of likely N-dealkylation sites (N-methyl/N-ethyl adjacent to an activating group) is 1. The van der Waals surface area contributed by atoms with Crippen molar-refractivity contribution in [2.45, 2.75) is 392 Å². The van der Waals surface area contributed by atoms with Crippen LogP contribution in [0.1, 0.15) is 380 Å². The molecule has 0 aliphatic rings. The fraction of sp³-hybridized carbons (Fsp3) is 0.905. The second kappa shape index (κ2) is 65.2. The number of carbonyl (C=O) groups is 1. The summed E-state index contributed by atoms with van der Waals surface area (Å²) in [5, 5.41) is 14.0. The molecule has 0 saturated carbocycles. The number of rotatable bonds is 69. The number of allylic oxidation sites excluding steroid dienone is 5. The Morgan fingerprint density at radius 1 is 0.410 bits per heavy atom. The van der Waals surface area contributed by atoms with Gasteiger partial charge in [-0.1, -0.05) is 365 Å². The average molecular weight is 1190 g/mol. The van der Waals surface area contributed by atoms with Crippen molar-refractivity contribution in [3.8, 4) is 0 Å². The Balaban J connectivity index is 4.07. The average Bonchev–Trinajstić information content (AvgIpc) is 3.49. The fourth-order valence-electron chi connectivity index (χ4n) is 11.4. The Kier molecular flexibility index (Phi) is 64.2. The molecule has 0 aromatic carbocycles. The molecule has 0 fully saturated rings. The molecular weight excluding hydrogens is 1040 g/mol. The van der Waals surface area contributed by atoms with Gasteiger partial charge in [0, 0.05) is 6.42 Å². The molecule has 0 spiro atoms. The van der Waals surface area contributed by atoms with E-state index < -0.39 is 26.6 Å². The van der Waals surface area contributed by atoms with Crippen molar-refractivity contribution in [1.82, 2.24) is 5.32 Å². The predicted octanol–water partition coefficient (Wildman–Crippen LogP) is 23.0. The summed E-state index contributed by atoms with van der Waals surface area (Å²) >= 11 is 0. The third-order valence-corrected chi connectivity index (χ3v) is 18.0. The van der Waals surface area contributed by atoms with Crippen molar-refractivity contribution < 1.29 is 32.9 Å². The molecule has 0 aliphatic carbocycles. The highest BCUT2D eigenvalue weighted by atomic mass is 31.2. The van der Waals surface area contributed by atoms with Gasteiger partial charge in [-0.05, 0) is 44.9 Å². The van der Waals surface area contributed by atoms with E-state index in [0.717, 1.165) is 44.9 Å².